The van der Waals surface area contributed by atoms with Gasteiger partial charge < -0.3 is 10.1 Å². The Labute approximate surface area is 99.1 Å². The van der Waals surface area contributed by atoms with Crippen LogP contribution >= 0.6 is 15.9 Å². The second-order valence-electron chi connectivity index (χ2n) is 3.88. The number of anilines is 1. The van der Waals surface area contributed by atoms with E-state index in [1.54, 1.807) is 0 Å². The molecule has 1 unspecified atom stereocenters. The molecule has 15 heavy (non-hydrogen) atoms. The third-order valence-corrected chi connectivity index (χ3v) is 3.18. The summed E-state index contributed by atoms with van der Waals surface area (Å²) in [5.74, 6) is 0. The van der Waals surface area contributed by atoms with Crippen LogP contribution in [0.2, 0.25) is 0 Å². The van der Waals surface area contributed by atoms with E-state index in [0.717, 1.165) is 23.3 Å². The van der Waals surface area contributed by atoms with Gasteiger partial charge in [-0.2, -0.15) is 0 Å². The molecule has 1 fully saturated rings. The maximum atomic E-state index is 5.65. The fraction of sp³-hybridized carbons (Fsp3) is 0.500. The summed E-state index contributed by atoms with van der Waals surface area (Å²) in [6.07, 6.45) is 4.09. The average Bonchev–Trinajstić information content (AvgIpc) is 2.30. The molecule has 0 saturated carbocycles. The molecule has 1 atom stereocenters. The van der Waals surface area contributed by atoms with E-state index < -0.39 is 0 Å². The second-order valence-corrected chi connectivity index (χ2v) is 4.79. The number of halogens is 1. The molecule has 2 rings (SSSR count). The molecular weight excluding hydrogens is 254 g/mol. The van der Waals surface area contributed by atoms with Gasteiger partial charge in [-0.15, -0.1) is 0 Å². The zero-order valence-corrected chi connectivity index (χ0v) is 10.3. The van der Waals surface area contributed by atoms with Crippen molar-refractivity contribution in [1.82, 2.24) is 0 Å². The molecule has 1 aliphatic rings. The lowest BCUT2D eigenvalue weighted by atomic mass is 10.1. The van der Waals surface area contributed by atoms with Crippen LogP contribution in [0, 0.1) is 0 Å². The first-order valence-electron chi connectivity index (χ1n) is 5.45. The molecule has 0 aliphatic carbocycles. The molecule has 0 amide bonds. The molecule has 2 nitrogen and oxygen atoms in total. The molecule has 0 aromatic heterocycles. The normalized spacial score (nSPS) is 21.3. The van der Waals surface area contributed by atoms with Crippen LogP contribution in [0.3, 0.4) is 0 Å². The van der Waals surface area contributed by atoms with E-state index in [-0.39, 0.29) is 0 Å². The number of hydrogen-bond acceptors (Lipinski definition) is 2. The van der Waals surface area contributed by atoms with E-state index in [1.807, 2.05) is 12.1 Å². The van der Waals surface area contributed by atoms with Crippen molar-refractivity contribution in [1.29, 1.82) is 0 Å². The van der Waals surface area contributed by atoms with Crippen molar-refractivity contribution in [3.8, 4) is 0 Å². The average molecular weight is 270 g/mol. The van der Waals surface area contributed by atoms with Crippen molar-refractivity contribution in [3.63, 3.8) is 0 Å². The Balaban J connectivity index is 1.79. The zero-order chi connectivity index (χ0) is 10.5. The van der Waals surface area contributed by atoms with E-state index in [1.165, 1.54) is 19.3 Å². The number of benzene rings is 1. The quantitative estimate of drug-likeness (QED) is 0.908. The zero-order valence-electron chi connectivity index (χ0n) is 8.71. The first kappa shape index (κ1) is 11.0. The number of nitrogens with one attached hydrogen (secondary N) is 1. The standard InChI is InChI=1S/C12H16BrNO/c13-10-4-6-11(7-5-10)14-9-12-3-1-2-8-15-12/h4-7,12,14H,1-3,8-9H2. The predicted octanol–water partition coefficient (Wildman–Crippen LogP) is 3.43. The molecule has 1 aromatic rings. The number of ether oxygens (including phenoxy) is 1. The van der Waals surface area contributed by atoms with Crippen LogP contribution in [-0.2, 0) is 4.74 Å². The van der Waals surface area contributed by atoms with Gasteiger partial charge in [-0.05, 0) is 43.5 Å². The van der Waals surface area contributed by atoms with Crippen LogP contribution in [-0.4, -0.2) is 19.3 Å². The van der Waals surface area contributed by atoms with Crippen molar-refractivity contribution in [2.75, 3.05) is 18.5 Å². The van der Waals surface area contributed by atoms with Crippen LogP contribution in [0.15, 0.2) is 28.7 Å². The van der Waals surface area contributed by atoms with E-state index >= 15 is 0 Å². The minimum absolute atomic E-state index is 0.391. The van der Waals surface area contributed by atoms with Gasteiger partial charge in [-0.3, -0.25) is 0 Å². The lowest BCUT2D eigenvalue weighted by molar-refractivity contribution is 0.0247. The van der Waals surface area contributed by atoms with E-state index in [0.29, 0.717) is 6.10 Å². The molecule has 0 spiro atoms. The van der Waals surface area contributed by atoms with Gasteiger partial charge in [0.05, 0.1) is 6.10 Å². The van der Waals surface area contributed by atoms with Crippen molar-refractivity contribution < 1.29 is 4.74 Å². The third-order valence-electron chi connectivity index (χ3n) is 2.65. The summed E-state index contributed by atoms with van der Waals surface area (Å²) >= 11 is 3.42. The molecule has 0 bridgehead atoms. The minimum Gasteiger partial charge on any atom is -0.382 e. The van der Waals surface area contributed by atoms with E-state index in [4.69, 9.17) is 4.74 Å². The monoisotopic (exact) mass is 269 g/mol. The summed E-state index contributed by atoms with van der Waals surface area (Å²) in [6.45, 7) is 1.84. The SMILES string of the molecule is Brc1ccc(NCC2CCCCO2)cc1. The minimum atomic E-state index is 0.391. The van der Waals surface area contributed by atoms with Crippen molar-refractivity contribution in [2.24, 2.45) is 0 Å². The summed E-state index contributed by atoms with van der Waals surface area (Å²) in [7, 11) is 0. The number of rotatable bonds is 3. The second kappa shape index (κ2) is 5.52. The van der Waals surface area contributed by atoms with Crippen LogP contribution in [0.1, 0.15) is 19.3 Å². The fourth-order valence-corrected chi connectivity index (χ4v) is 2.03. The Morgan fingerprint density at radius 2 is 2.07 bits per heavy atom. The Morgan fingerprint density at radius 3 is 2.73 bits per heavy atom. The molecule has 1 N–H and O–H groups in total. The molecule has 82 valence electrons. The highest BCUT2D eigenvalue weighted by Gasteiger charge is 2.12. The first-order valence-corrected chi connectivity index (χ1v) is 6.25. The highest BCUT2D eigenvalue weighted by molar-refractivity contribution is 9.10. The molecule has 1 saturated heterocycles. The van der Waals surface area contributed by atoms with Crippen LogP contribution in [0.25, 0.3) is 0 Å². The van der Waals surface area contributed by atoms with Gasteiger partial charge >= 0.3 is 0 Å². The Bertz CT molecular complexity index is 293. The summed E-state index contributed by atoms with van der Waals surface area (Å²) < 4.78 is 6.76. The van der Waals surface area contributed by atoms with Gasteiger partial charge in [0, 0.05) is 23.3 Å². The first-order chi connectivity index (χ1) is 7.34. The van der Waals surface area contributed by atoms with Gasteiger partial charge in [0.15, 0.2) is 0 Å². The van der Waals surface area contributed by atoms with Crippen LogP contribution in [0.4, 0.5) is 5.69 Å². The van der Waals surface area contributed by atoms with Gasteiger partial charge in [0.1, 0.15) is 0 Å². The lowest BCUT2D eigenvalue weighted by Gasteiger charge is -2.23. The summed E-state index contributed by atoms with van der Waals surface area (Å²) in [5, 5.41) is 3.40. The van der Waals surface area contributed by atoms with Crippen molar-refractivity contribution >= 4 is 21.6 Å². The Hall–Kier alpha value is -0.540. The van der Waals surface area contributed by atoms with Crippen LogP contribution < -0.4 is 5.32 Å². The lowest BCUT2D eigenvalue weighted by Crippen LogP contribution is -2.26. The summed E-state index contributed by atoms with van der Waals surface area (Å²) in [5.41, 5.74) is 1.16. The van der Waals surface area contributed by atoms with Crippen molar-refractivity contribution in [3.05, 3.63) is 28.7 Å². The molecular formula is C12H16BrNO. The Morgan fingerprint density at radius 1 is 1.27 bits per heavy atom. The molecule has 1 heterocycles. The number of hydrogen-bond donors (Lipinski definition) is 1. The Kier molecular flexibility index (Phi) is 4.03. The molecule has 3 heteroatoms. The molecule has 1 aromatic carbocycles. The molecule has 0 radical (unpaired) electrons. The fourth-order valence-electron chi connectivity index (χ4n) is 1.77. The van der Waals surface area contributed by atoms with Crippen LogP contribution in [0.5, 0.6) is 0 Å². The third kappa shape index (κ3) is 3.50. The van der Waals surface area contributed by atoms with E-state index in [9.17, 15) is 0 Å². The van der Waals surface area contributed by atoms with Gasteiger partial charge in [-0.25, -0.2) is 0 Å². The smallest absolute Gasteiger partial charge is 0.0747 e. The predicted molar refractivity (Wildman–Crippen MR) is 66.2 cm³/mol. The summed E-state index contributed by atoms with van der Waals surface area (Å²) in [6, 6.07) is 8.24. The summed E-state index contributed by atoms with van der Waals surface area (Å²) in [4.78, 5) is 0. The largest absolute Gasteiger partial charge is 0.382 e. The van der Waals surface area contributed by atoms with Gasteiger partial charge in [0.25, 0.3) is 0 Å². The highest BCUT2D eigenvalue weighted by Crippen LogP contribution is 2.16. The van der Waals surface area contributed by atoms with Gasteiger partial charge in [-0.1, -0.05) is 15.9 Å². The molecule has 1 aliphatic heterocycles. The topological polar surface area (TPSA) is 21.3 Å². The van der Waals surface area contributed by atoms with Crippen molar-refractivity contribution in [2.45, 2.75) is 25.4 Å². The van der Waals surface area contributed by atoms with E-state index in [2.05, 4.69) is 33.4 Å². The van der Waals surface area contributed by atoms with Gasteiger partial charge in [0.2, 0.25) is 0 Å². The highest BCUT2D eigenvalue weighted by atomic mass is 79.9. The maximum absolute atomic E-state index is 5.65. The maximum Gasteiger partial charge on any atom is 0.0747 e.